The fourth-order valence-electron chi connectivity index (χ4n) is 2.02. The Morgan fingerprint density at radius 1 is 1.31 bits per heavy atom. The van der Waals surface area contributed by atoms with Gasteiger partial charge in [-0.15, -0.1) is 0 Å². The predicted octanol–water partition coefficient (Wildman–Crippen LogP) is 0.573. The monoisotopic (exact) mass is 447 g/mol. The molecule has 2 aromatic heterocycles. The van der Waals surface area contributed by atoms with Crippen LogP contribution in [0.5, 0.6) is 0 Å². The van der Waals surface area contributed by atoms with Gasteiger partial charge < -0.3 is 9.87 Å². The molecule has 0 radical (unpaired) electrons. The molecule has 3 aromatic rings. The lowest BCUT2D eigenvalue weighted by Crippen LogP contribution is -2.24. The van der Waals surface area contributed by atoms with Crippen LogP contribution in [0.1, 0.15) is 0 Å². The molecule has 2 N–H and O–H groups in total. The van der Waals surface area contributed by atoms with Crippen molar-refractivity contribution in [3.8, 4) is 17.2 Å². The molecular weight excluding hydrogens is 439 g/mol. The van der Waals surface area contributed by atoms with Gasteiger partial charge in [-0.1, -0.05) is 5.16 Å². The average Bonchev–Trinajstić information content (AvgIpc) is 3.20. The number of rotatable bonds is 7. The van der Waals surface area contributed by atoms with E-state index >= 15 is 0 Å². The van der Waals surface area contributed by atoms with Crippen molar-refractivity contribution in [1.82, 2.24) is 24.8 Å². The van der Waals surface area contributed by atoms with Crippen LogP contribution in [0.4, 0.5) is 10.2 Å². The van der Waals surface area contributed by atoms with E-state index in [4.69, 9.17) is 0 Å². The van der Waals surface area contributed by atoms with E-state index in [1.54, 1.807) is 0 Å². The fraction of sp³-hybridized carbons (Fsp3) is 0.167. The Kier molecular flexibility index (Phi) is 5.55. The SMILES string of the molecule is O=c1onc(-c2nonc2NCCNS(=O)[O-])n1-c1ccc(F)c(Br)c1. The van der Waals surface area contributed by atoms with Gasteiger partial charge in [-0.25, -0.2) is 23.1 Å². The molecule has 2 heterocycles. The molecule has 0 aliphatic carbocycles. The quantitative estimate of drug-likeness (QED) is 0.391. The Hall–Kier alpha value is -2.42. The van der Waals surface area contributed by atoms with E-state index in [2.05, 4.69) is 50.6 Å². The van der Waals surface area contributed by atoms with Gasteiger partial charge in [-0.2, -0.15) is 0 Å². The highest BCUT2D eigenvalue weighted by Crippen LogP contribution is 2.25. The summed E-state index contributed by atoms with van der Waals surface area (Å²) in [6.45, 7) is 0.248. The summed E-state index contributed by atoms with van der Waals surface area (Å²) in [5, 5.41) is 13.8. The minimum absolute atomic E-state index is 0.0300. The van der Waals surface area contributed by atoms with Crippen molar-refractivity contribution in [2.75, 3.05) is 18.4 Å². The summed E-state index contributed by atoms with van der Waals surface area (Å²) in [4.78, 5) is 12.0. The van der Waals surface area contributed by atoms with Crippen molar-refractivity contribution in [1.29, 1.82) is 0 Å². The Bertz CT molecular complexity index is 1000. The number of hydrogen-bond donors (Lipinski definition) is 2. The zero-order chi connectivity index (χ0) is 18.7. The Morgan fingerprint density at radius 3 is 2.85 bits per heavy atom. The molecule has 1 unspecified atom stereocenters. The van der Waals surface area contributed by atoms with Crippen molar-refractivity contribution < 1.29 is 22.3 Å². The van der Waals surface area contributed by atoms with Gasteiger partial charge in [0.1, 0.15) is 5.82 Å². The molecule has 0 aliphatic heterocycles. The maximum absolute atomic E-state index is 13.4. The topological polar surface area (TPSA) is 151 Å². The minimum Gasteiger partial charge on any atom is -0.760 e. The molecule has 3 rings (SSSR count). The van der Waals surface area contributed by atoms with Gasteiger partial charge in [0.05, 0.1) is 10.2 Å². The number of aromatic nitrogens is 4. The predicted molar refractivity (Wildman–Crippen MR) is 88.5 cm³/mol. The lowest BCUT2D eigenvalue weighted by Gasteiger charge is -2.08. The molecule has 138 valence electrons. The van der Waals surface area contributed by atoms with Crippen LogP contribution < -0.4 is 15.8 Å². The van der Waals surface area contributed by atoms with Crippen LogP contribution in [0, 0.1) is 5.82 Å². The first kappa shape index (κ1) is 18.4. The number of nitrogens with one attached hydrogen (secondary N) is 2. The highest BCUT2D eigenvalue weighted by molar-refractivity contribution is 9.10. The Labute approximate surface area is 155 Å². The van der Waals surface area contributed by atoms with Gasteiger partial charge >= 0.3 is 5.76 Å². The zero-order valence-electron chi connectivity index (χ0n) is 12.6. The molecule has 0 saturated heterocycles. The summed E-state index contributed by atoms with van der Waals surface area (Å²) in [7, 11) is 0. The second-order valence-electron chi connectivity index (χ2n) is 4.72. The molecule has 0 aliphatic rings. The van der Waals surface area contributed by atoms with Crippen LogP contribution in [0.2, 0.25) is 0 Å². The smallest absolute Gasteiger partial charge is 0.446 e. The zero-order valence-corrected chi connectivity index (χ0v) is 15.0. The van der Waals surface area contributed by atoms with Gasteiger partial charge in [0.25, 0.3) is 0 Å². The van der Waals surface area contributed by atoms with Crippen molar-refractivity contribution in [3.05, 3.63) is 39.0 Å². The van der Waals surface area contributed by atoms with Crippen molar-refractivity contribution in [2.45, 2.75) is 0 Å². The van der Waals surface area contributed by atoms with E-state index in [9.17, 15) is 17.9 Å². The van der Waals surface area contributed by atoms with Crippen LogP contribution in [0.25, 0.3) is 17.2 Å². The number of hydrogen-bond acceptors (Lipinski definition) is 9. The second-order valence-corrected chi connectivity index (χ2v) is 6.34. The fourth-order valence-corrected chi connectivity index (χ4v) is 2.65. The standard InChI is InChI=1S/C12H10BrFN6O5S/c13-7-5-6(1-2-8(7)14)20-11(19-24-12(20)21)9-10(18-25-17-9)15-3-4-16-26(22)23/h1-2,5,16H,3-4H2,(H,15,18)(H,22,23)/p-1. The first-order valence-corrected chi connectivity index (χ1v) is 8.78. The Balaban J connectivity index is 1.92. The van der Waals surface area contributed by atoms with Gasteiger partial charge in [-0.3, -0.25) is 8.73 Å². The van der Waals surface area contributed by atoms with Crippen molar-refractivity contribution in [3.63, 3.8) is 0 Å². The molecule has 14 heteroatoms. The largest absolute Gasteiger partial charge is 0.760 e. The molecule has 1 atom stereocenters. The third kappa shape index (κ3) is 3.87. The second kappa shape index (κ2) is 7.86. The van der Waals surface area contributed by atoms with Crippen LogP contribution in [0.3, 0.4) is 0 Å². The van der Waals surface area contributed by atoms with Crippen molar-refractivity contribution >= 4 is 33.0 Å². The van der Waals surface area contributed by atoms with Gasteiger partial charge in [0.15, 0.2) is 5.69 Å². The van der Waals surface area contributed by atoms with Crippen LogP contribution in [-0.2, 0) is 11.3 Å². The van der Waals surface area contributed by atoms with Gasteiger partial charge in [0, 0.05) is 24.4 Å². The molecule has 0 fully saturated rings. The number of halogens is 2. The van der Waals surface area contributed by atoms with Crippen LogP contribution in [0.15, 0.2) is 36.6 Å². The molecular formula is C12H9BrFN6O5S-. The molecule has 0 bridgehead atoms. The Morgan fingerprint density at radius 2 is 2.12 bits per heavy atom. The van der Waals surface area contributed by atoms with Crippen LogP contribution in [-0.4, -0.2) is 41.9 Å². The van der Waals surface area contributed by atoms with E-state index in [0.29, 0.717) is 0 Å². The molecule has 11 nitrogen and oxygen atoms in total. The summed E-state index contributed by atoms with van der Waals surface area (Å²) >= 11 is 0.648. The highest BCUT2D eigenvalue weighted by atomic mass is 79.9. The maximum atomic E-state index is 13.4. The minimum atomic E-state index is -2.39. The van der Waals surface area contributed by atoms with E-state index in [1.165, 1.54) is 12.1 Å². The molecule has 0 saturated carbocycles. The van der Waals surface area contributed by atoms with Crippen LogP contribution >= 0.6 is 15.9 Å². The molecule has 0 amide bonds. The molecule has 26 heavy (non-hydrogen) atoms. The van der Waals surface area contributed by atoms with E-state index in [-0.39, 0.29) is 40.6 Å². The normalized spacial score (nSPS) is 12.3. The summed E-state index contributed by atoms with van der Waals surface area (Å²) in [5.41, 5.74) is 0.330. The third-order valence-corrected chi connectivity index (χ3v) is 4.15. The van der Waals surface area contributed by atoms with Gasteiger partial charge in [-0.05, 0) is 44.4 Å². The first-order chi connectivity index (χ1) is 12.5. The van der Waals surface area contributed by atoms with Gasteiger partial charge in [0.2, 0.25) is 11.6 Å². The lowest BCUT2D eigenvalue weighted by atomic mass is 10.3. The number of nitrogens with zero attached hydrogens (tertiary/aromatic N) is 4. The van der Waals surface area contributed by atoms with E-state index < -0.39 is 22.8 Å². The summed E-state index contributed by atoms with van der Waals surface area (Å²) < 4.78 is 47.0. The molecule has 1 aromatic carbocycles. The number of benzene rings is 1. The summed E-state index contributed by atoms with van der Waals surface area (Å²) in [6, 6.07) is 3.89. The first-order valence-electron chi connectivity index (χ1n) is 6.91. The summed E-state index contributed by atoms with van der Waals surface area (Å²) in [6.07, 6.45) is 0. The highest BCUT2D eigenvalue weighted by Gasteiger charge is 2.22. The third-order valence-electron chi connectivity index (χ3n) is 3.10. The maximum Gasteiger partial charge on any atom is 0.446 e. The lowest BCUT2D eigenvalue weighted by molar-refractivity contribution is 0.309. The van der Waals surface area contributed by atoms with E-state index in [0.717, 1.165) is 10.6 Å². The van der Waals surface area contributed by atoms with E-state index in [1.807, 2.05) is 0 Å². The number of anilines is 1. The van der Waals surface area contributed by atoms with Crippen molar-refractivity contribution in [2.24, 2.45) is 0 Å². The molecule has 0 spiro atoms. The average molecular weight is 448 g/mol. The summed E-state index contributed by atoms with van der Waals surface area (Å²) in [5.74, 6) is -1.24.